The molecule has 0 aromatic rings. The maximum absolute atomic E-state index is 5.53. The van der Waals surface area contributed by atoms with Gasteiger partial charge in [0.15, 0.2) is 0 Å². The fourth-order valence-electron chi connectivity index (χ4n) is 2.09. The maximum Gasteiger partial charge on any atom is 0.0674 e. The Bertz CT molecular complexity index is 164. The number of nitrogens with zero attached hydrogens (tertiary/aromatic N) is 1. The lowest BCUT2D eigenvalue weighted by Gasteiger charge is -2.32. The highest BCUT2D eigenvalue weighted by Gasteiger charge is 2.17. The number of hydrogen-bond acceptors (Lipinski definition) is 3. The molecule has 90 valence electrons. The Morgan fingerprint density at radius 1 is 1.53 bits per heavy atom. The van der Waals surface area contributed by atoms with Gasteiger partial charge in [0.05, 0.1) is 12.7 Å². The van der Waals surface area contributed by atoms with Crippen molar-refractivity contribution in [2.75, 3.05) is 39.3 Å². The van der Waals surface area contributed by atoms with Crippen LogP contribution in [0.15, 0.2) is 0 Å². The van der Waals surface area contributed by atoms with E-state index >= 15 is 0 Å². The molecule has 3 heteroatoms. The van der Waals surface area contributed by atoms with Crippen LogP contribution in [0.2, 0.25) is 0 Å². The van der Waals surface area contributed by atoms with Crippen LogP contribution in [-0.2, 0) is 4.74 Å². The summed E-state index contributed by atoms with van der Waals surface area (Å²) in [7, 11) is 0. The van der Waals surface area contributed by atoms with Gasteiger partial charge in [-0.15, -0.1) is 0 Å². The second-order valence-corrected chi connectivity index (χ2v) is 4.75. The minimum atomic E-state index is 0.412. The molecule has 0 amide bonds. The Balaban J connectivity index is 2.10. The van der Waals surface area contributed by atoms with Crippen molar-refractivity contribution in [3.8, 4) is 0 Å². The van der Waals surface area contributed by atoms with Gasteiger partial charge >= 0.3 is 0 Å². The molecule has 0 saturated carbocycles. The largest absolute Gasteiger partial charge is 0.376 e. The molecule has 1 aliphatic rings. The fourth-order valence-corrected chi connectivity index (χ4v) is 2.09. The van der Waals surface area contributed by atoms with Gasteiger partial charge in [0.25, 0.3) is 0 Å². The summed E-state index contributed by atoms with van der Waals surface area (Å²) in [5.41, 5.74) is 0. The summed E-state index contributed by atoms with van der Waals surface area (Å²) in [6.45, 7) is 13.3. The SMILES string of the molecule is CCCNCC(C)CN1CCOC(C)C1. The lowest BCUT2D eigenvalue weighted by atomic mass is 10.1. The van der Waals surface area contributed by atoms with Gasteiger partial charge in [-0.1, -0.05) is 13.8 Å². The van der Waals surface area contributed by atoms with Crippen LogP contribution in [0, 0.1) is 5.92 Å². The van der Waals surface area contributed by atoms with Crippen molar-refractivity contribution in [3.05, 3.63) is 0 Å². The zero-order valence-corrected chi connectivity index (χ0v) is 10.5. The Morgan fingerprint density at radius 2 is 2.33 bits per heavy atom. The molecule has 2 atom stereocenters. The van der Waals surface area contributed by atoms with E-state index < -0.39 is 0 Å². The molecular formula is C12H26N2O. The van der Waals surface area contributed by atoms with Crippen LogP contribution < -0.4 is 5.32 Å². The Hall–Kier alpha value is -0.120. The summed E-state index contributed by atoms with van der Waals surface area (Å²) in [5, 5.41) is 3.48. The summed E-state index contributed by atoms with van der Waals surface area (Å²) in [6.07, 6.45) is 1.64. The summed E-state index contributed by atoms with van der Waals surface area (Å²) < 4.78 is 5.53. The molecule has 15 heavy (non-hydrogen) atoms. The highest BCUT2D eigenvalue weighted by atomic mass is 16.5. The lowest BCUT2D eigenvalue weighted by molar-refractivity contribution is -0.0222. The van der Waals surface area contributed by atoms with E-state index in [1.165, 1.54) is 13.0 Å². The smallest absolute Gasteiger partial charge is 0.0674 e. The Labute approximate surface area is 94.2 Å². The minimum Gasteiger partial charge on any atom is -0.376 e. The summed E-state index contributed by atoms with van der Waals surface area (Å²) in [4.78, 5) is 2.52. The average molecular weight is 214 g/mol. The van der Waals surface area contributed by atoms with E-state index in [0.29, 0.717) is 6.10 Å². The third kappa shape index (κ3) is 5.50. The van der Waals surface area contributed by atoms with Gasteiger partial charge in [0.1, 0.15) is 0 Å². The molecule has 0 radical (unpaired) electrons. The zero-order valence-electron chi connectivity index (χ0n) is 10.5. The molecule has 3 nitrogen and oxygen atoms in total. The Kier molecular flexibility index (Phi) is 6.22. The quantitative estimate of drug-likeness (QED) is 0.675. The highest BCUT2D eigenvalue weighted by Crippen LogP contribution is 2.07. The van der Waals surface area contributed by atoms with Crippen LogP contribution in [0.5, 0.6) is 0 Å². The molecule has 1 rings (SSSR count). The minimum absolute atomic E-state index is 0.412. The number of rotatable bonds is 6. The van der Waals surface area contributed by atoms with Crippen molar-refractivity contribution in [2.24, 2.45) is 5.92 Å². The monoisotopic (exact) mass is 214 g/mol. The Morgan fingerprint density at radius 3 is 3.00 bits per heavy atom. The fraction of sp³-hybridized carbons (Fsp3) is 1.00. The number of ether oxygens (including phenoxy) is 1. The first-order chi connectivity index (χ1) is 7.22. The molecule has 1 aliphatic heterocycles. The molecule has 1 saturated heterocycles. The summed E-state index contributed by atoms with van der Waals surface area (Å²) >= 11 is 0. The standard InChI is InChI=1S/C12H26N2O/c1-4-5-13-8-11(2)9-14-6-7-15-12(3)10-14/h11-13H,4-10H2,1-3H3. The molecular weight excluding hydrogens is 188 g/mol. The van der Waals surface area contributed by atoms with Gasteiger partial charge in [-0.2, -0.15) is 0 Å². The molecule has 0 bridgehead atoms. The van der Waals surface area contributed by atoms with E-state index in [2.05, 4.69) is 31.0 Å². The highest BCUT2D eigenvalue weighted by molar-refractivity contribution is 4.71. The molecule has 1 heterocycles. The van der Waals surface area contributed by atoms with E-state index in [1.807, 2.05) is 0 Å². The van der Waals surface area contributed by atoms with Gasteiger partial charge in [-0.05, 0) is 32.4 Å². The number of nitrogens with one attached hydrogen (secondary N) is 1. The van der Waals surface area contributed by atoms with Crippen LogP contribution in [0.1, 0.15) is 27.2 Å². The van der Waals surface area contributed by atoms with Crippen LogP contribution >= 0.6 is 0 Å². The molecule has 0 spiro atoms. The molecule has 1 N–H and O–H groups in total. The molecule has 2 unspecified atom stereocenters. The number of hydrogen-bond donors (Lipinski definition) is 1. The van der Waals surface area contributed by atoms with Gasteiger partial charge in [-0.3, -0.25) is 4.90 Å². The van der Waals surface area contributed by atoms with Crippen LogP contribution in [0.25, 0.3) is 0 Å². The maximum atomic E-state index is 5.53. The van der Waals surface area contributed by atoms with E-state index in [1.54, 1.807) is 0 Å². The number of morpholine rings is 1. The molecule has 0 aromatic carbocycles. The van der Waals surface area contributed by atoms with Gasteiger partial charge in [-0.25, -0.2) is 0 Å². The lowest BCUT2D eigenvalue weighted by Crippen LogP contribution is -2.44. The van der Waals surface area contributed by atoms with E-state index in [0.717, 1.165) is 38.7 Å². The molecule has 0 aromatic heterocycles. The topological polar surface area (TPSA) is 24.5 Å². The van der Waals surface area contributed by atoms with Crippen molar-refractivity contribution >= 4 is 0 Å². The first-order valence-electron chi connectivity index (χ1n) is 6.27. The molecule has 1 fully saturated rings. The van der Waals surface area contributed by atoms with E-state index in [9.17, 15) is 0 Å². The van der Waals surface area contributed by atoms with Gasteiger partial charge in [0.2, 0.25) is 0 Å². The van der Waals surface area contributed by atoms with Crippen LogP contribution in [0.4, 0.5) is 0 Å². The summed E-state index contributed by atoms with van der Waals surface area (Å²) in [5.74, 6) is 0.738. The third-order valence-corrected chi connectivity index (χ3v) is 2.81. The second-order valence-electron chi connectivity index (χ2n) is 4.75. The first kappa shape index (κ1) is 12.9. The average Bonchev–Trinajstić information content (AvgIpc) is 2.18. The first-order valence-corrected chi connectivity index (χ1v) is 6.27. The van der Waals surface area contributed by atoms with E-state index in [-0.39, 0.29) is 0 Å². The second kappa shape index (κ2) is 7.20. The van der Waals surface area contributed by atoms with Crippen molar-refractivity contribution in [1.82, 2.24) is 10.2 Å². The van der Waals surface area contributed by atoms with Crippen molar-refractivity contribution in [2.45, 2.75) is 33.3 Å². The normalized spacial score (nSPS) is 25.4. The summed E-state index contributed by atoms with van der Waals surface area (Å²) in [6, 6.07) is 0. The van der Waals surface area contributed by atoms with Crippen LogP contribution in [-0.4, -0.2) is 50.3 Å². The van der Waals surface area contributed by atoms with E-state index in [4.69, 9.17) is 4.74 Å². The van der Waals surface area contributed by atoms with Crippen molar-refractivity contribution < 1.29 is 4.74 Å². The van der Waals surface area contributed by atoms with Crippen molar-refractivity contribution in [1.29, 1.82) is 0 Å². The predicted octanol–water partition coefficient (Wildman–Crippen LogP) is 1.34. The van der Waals surface area contributed by atoms with Gasteiger partial charge < -0.3 is 10.1 Å². The molecule has 0 aliphatic carbocycles. The third-order valence-electron chi connectivity index (χ3n) is 2.81. The predicted molar refractivity (Wildman–Crippen MR) is 64.2 cm³/mol. The van der Waals surface area contributed by atoms with Gasteiger partial charge in [0, 0.05) is 19.6 Å². The van der Waals surface area contributed by atoms with Crippen LogP contribution in [0.3, 0.4) is 0 Å². The van der Waals surface area contributed by atoms with Crippen molar-refractivity contribution in [3.63, 3.8) is 0 Å². The zero-order chi connectivity index (χ0) is 11.1.